The smallest absolute Gasteiger partial charge is 0.264 e. The molecule has 0 fully saturated rings. The van der Waals surface area contributed by atoms with E-state index in [0.29, 0.717) is 11.5 Å². The van der Waals surface area contributed by atoms with Crippen LogP contribution >= 0.6 is 0 Å². The number of amides is 1. The summed E-state index contributed by atoms with van der Waals surface area (Å²) in [5.41, 5.74) is 1.87. The van der Waals surface area contributed by atoms with Crippen LogP contribution in [0.4, 0.5) is 5.69 Å². The molecule has 0 heterocycles. The first kappa shape index (κ1) is 24.9. The van der Waals surface area contributed by atoms with E-state index < -0.39 is 22.5 Å². The van der Waals surface area contributed by atoms with Crippen LogP contribution in [0.3, 0.4) is 0 Å². The molecule has 3 aromatic rings. The lowest BCUT2D eigenvalue weighted by molar-refractivity contribution is -0.119. The van der Waals surface area contributed by atoms with Crippen molar-refractivity contribution in [1.82, 2.24) is 5.32 Å². The number of hydrogen-bond acceptors (Lipinski definition) is 6. The summed E-state index contributed by atoms with van der Waals surface area (Å²) in [6.45, 7) is 1.58. The Bertz CT molecular complexity index is 1240. The zero-order valence-corrected chi connectivity index (χ0v) is 20.4. The lowest BCUT2D eigenvalue weighted by atomic mass is 10.2. The Balaban J connectivity index is 1.97. The summed E-state index contributed by atoms with van der Waals surface area (Å²) in [5.74, 6) is 0.844. The summed E-state index contributed by atoms with van der Waals surface area (Å²) in [5, 5.41) is 2.78. The maximum atomic E-state index is 13.7. The van der Waals surface area contributed by atoms with Crippen molar-refractivity contribution in [3.8, 4) is 17.2 Å². The van der Waals surface area contributed by atoms with Gasteiger partial charge in [-0.15, -0.1) is 0 Å². The first-order valence-electron chi connectivity index (χ1n) is 10.5. The molecule has 0 atom stereocenters. The number of sulfonamides is 1. The molecule has 0 aliphatic rings. The molecule has 0 spiro atoms. The fourth-order valence-corrected chi connectivity index (χ4v) is 4.78. The van der Waals surface area contributed by atoms with Crippen LogP contribution in [0.5, 0.6) is 17.2 Å². The monoisotopic (exact) mass is 484 g/mol. The summed E-state index contributed by atoms with van der Waals surface area (Å²) >= 11 is 0. The second-order valence-electron chi connectivity index (χ2n) is 7.45. The minimum Gasteiger partial charge on any atom is -0.497 e. The Morgan fingerprint density at radius 3 is 2.21 bits per heavy atom. The van der Waals surface area contributed by atoms with Gasteiger partial charge in [0.25, 0.3) is 10.0 Å². The Labute approximate surface area is 200 Å². The minimum absolute atomic E-state index is 0.0560. The van der Waals surface area contributed by atoms with E-state index in [-0.39, 0.29) is 22.9 Å². The lowest BCUT2D eigenvalue weighted by Crippen LogP contribution is -2.41. The van der Waals surface area contributed by atoms with Gasteiger partial charge < -0.3 is 19.5 Å². The molecule has 34 heavy (non-hydrogen) atoms. The predicted molar refractivity (Wildman–Crippen MR) is 130 cm³/mol. The third kappa shape index (κ3) is 5.60. The van der Waals surface area contributed by atoms with Gasteiger partial charge in [0, 0.05) is 18.2 Å². The fraction of sp³-hybridized carbons (Fsp3) is 0.240. The number of rotatable bonds is 10. The summed E-state index contributed by atoms with van der Waals surface area (Å²) < 4.78 is 44.3. The van der Waals surface area contributed by atoms with Gasteiger partial charge in [-0.25, -0.2) is 8.42 Å². The van der Waals surface area contributed by atoms with Crippen molar-refractivity contribution >= 4 is 21.6 Å². The predicted octanol–water partition coefficient (Wildman–Crippen LogP) is 3.53. The van der Waals surface area contributed by atoms with Crippen molar-refractivity contribution in [2.75, 3.05) is 32.2 Å². The van der Waals surface area contributed by atoms with E-state index in [0.717, 1.165) is 15.4 Å². The molecular weight excluding hydrogens is 456 g/mol. The van der Waals surface area contributed by atoms with Gasteiger partial charge in [-0.1, -0.05) is 35.9 Å². The molecule has 9 heteroatoms. The van der Waals surface area contributed by atoms with Gasteiger partial charge >= 0.3 is 0 Å². The van der Waals surface area contributed by atoms with Crippen LogP contribution in [0.25, 0.3) is 0 Å². The van der Waals surface area contributed by atoms with Crippen molar-refractivity contribution < 1.29 is 27.4 Å². The number of hydrogen-bond donors (Lipinski definition) is 1. The molecule has 0 radical (unpaired) electrons. The molecule has 0 saturated carbocycles. The summed E-state index contributed by atoms with van der Waals surface area (Å²) in [6.07, 6.45) is 0. The van der Waals surface area contributed by atoms with Gasteiger partial charge in [0.1, 0.15) is 23.8 Å². The summed E-state index contributed by atoms with van der Waals surface area (Å²) in [7, 11) is 0.351. The molecule has 1 N–H and O–H groups in total. The number of carbonyl (C=O) groups is 1. The van der Waals surface area contributed by atoms with Crippen LogP contribution in [0.1, 0.15) is 11.1 Å². The Morgan fingerprint density at radius 1 is 0.882 bits per heavy atom. The van der Waals surface area contributed by atoms with E-state index in [1.165, 1.54) is 32.4 Å². The average molecular weight is 485 g/mol. The number of benzene rings is 3. The van der Waals surface area contributed by atoms with Crippen molar-refractivity contribution in [1.29, 1.82) is 0 Å². The number of ether oxygens (including phenoxy) is 3. The molecule has 1 amide bonds. The quantitative estimate of drug-likeness (QED) is 0.473. The zero-order chi connectivity index (χ0) is 24.7. The maximum Gasteiger partial charge on any atom is 0.264 e. The molecule has 0 aliphatic carbocycles. The Morgan fingerprint density at radius 2 is 1.56 bits per heavy atom. The number of carbonyl (C=O) groups excluding carboxylic acids is 1. The highest BCUT2D eigenvalue weighted by molar-refractivity contribution is 7.92. The minimum atomic E-state index is -4.11. The van der Waals surface area contributed by atoms with Crippen molar-refractivity contribution in [3.05, 3.63) is 77.9 Å². The molecule has 0 saturated heterocycles. The van der Waals surface area contributed by atoms with Gasteiger partial charge in [0.05, 0.1) is 31.9 Å². The summed E-state index contributed by atoms with van der Waals surface area (Å²) in [4.78, 5) is 13.0. The van der Waals surface area contributed by atoms with Crippen molar-refractivity contribution in [3.63, 3.8) is 0 Å². The third-order valence-electron chi connectivity index (χ3n) is 5.22. The normalized spacial score (nSPS) is 10.9. The number of para-hydroxylation sites is 1. The first-order valence-corrected chi connectivity index (χ1v) is 11.9. The highest BCUT2D eigenvalue weighted by Gasteiger charge is 2.30. The van der Waals surface area contributed by atoms with E-state index in [2.05, 4.69) is 5.32 Å². The largest absolute Gasteiger partial charge is 0.497 e. The van der Waals surface area contributed by atoms with Crippen LogP contribution in [-0.2, 0) is 21.4 Å². The average Bonchev–Trinajstić information content (AvgIpc) is 2.85. The second-order valence-corrected chi connectivity index (χ2v) is 9.31. The number of anilines is 1. The molecule has 0 unspecified atom stereocenters. The third-order valence-corrected chi connectivity index (χ3v) is 6.99. The van der Waals surface area contributed by atoms with Crippen LogP contribution in [0.15, 0.2) is 71.6 Å². The zero-order valence-electron chi connectivity index (χ0n) is 19.6. The lowest BCUT2D eigenvalue weighted by Gasteiger charge is -2.26. The van der Waals surface area contributed by atoms with Crippen molar-refractivity contribution in [2.45, 2.75) is 18.4 Å². The van der Waals surface area contributed by atoms with E-state index in [1.54, 1.807) is 37.4 Å². The molecule has 0 aliphatic heterocycles. The number of nitrogens with zero attached hydrogens (tertiary/aromatic N) is 1. The summed E-state index contributed by atoms with van der Waals surface area (Å²) in [6, 6.07) is 18.5. The van der Waals surface area contributed by atoms with Gasteiger partial charge in [0.15, 0.2) is 0 Å². The maximum absolute atomic E-state index is 13.7. The van der Waals surface area contributed by atoms with E-state index in [4.69, 9.17) is 14.2 Å². The van der Waals surface area contributed by atoms with Crippen LogP contribution < -0.4 is 23.8 Å². The Kier molecular flexibility index (Phi) is 8.01. The Hall–Kier alpha value is -3.72. The number of nitrogens with one attached hydrogen (secondary N) is 1. The van der Waals surface area contributed by atoms with Gasteiger partial charge in [-0.05, 0) is 37.3 Å². The molecule has 3 rings (SSSR count). The topological polar surface area (TPSA) is 94.2 Å². The van der Waals surface area contributed by atoms with Crippen LogP contribution in [0.2, 0.25) is 0 Å². The van der Waals surface area contributed by atoms with Gasteiger partial charge in [-0.3, -0.25) is 9.10 Å². The highest BCUT2D eigenvalue weighted by atomic mass is 32.2. The van der Waals surface area contributed by atoms with E-state index >= 15 is 0 Å². The second kappa shape index (κ2) is 10.9. The fourth-order valence-electron chi connectivity index (χ4n) is 3.36. The molecule has 3 aromatic carbocycles. The highest BCUT2D eigenvalue weighted by Crippen LogP contribution is 2.35. The van der Waals surface area contributed by atoms with Crippen molar-refractivity contribution in [2.24, 2.45) is 0 Å². The molecular formula is C25H28N2O6S. The van der Waals surface area contributed by atoms with E-state index in [9.17, 15) is 13.2 Å². The van der Waals surface area contributed by atoms with Crippen LogP contribution in [-0.4, -0.2) is 42.2 Å². The molecule has 8 nitrogen and oxygen atoms in total. The van der Waals surface area contributed by atoms with Gasteiger partial charge in [0.2, 0.25) is 5.91 Å². The van der Waals surface area contributed by atoms with E-state index in [1.807, 2.05) is 25.1 Å². The molecule has 0 bridgehead atoms. The van der Waals surface area contributed by atoms with Crippen LogP contribution in [0, 0.1) is 6.92 Å². The SMILES string of the molecule is COc1ccc(OC)c(N(CC(=O)NCc2ccccc2OC)S(=O)(=O)c2ccc(C)cc2)c1. The van der Waals surface area contributed by atoms with Gasteiger partial charge in [-0.2, -0.15) is 0 Å². The number of aryl methyl sites for hydroxylation is 1. The number of methoxy groups -OCH3 is 3. The first-order chi connectivity index (χ1) is 16.3. The molecule has 0 aromatic heterocycles. The molecule has 180 valence electrons. The standard InChI is InChI=1S/C25H28N2O6S/c1-18-9-12-21(13-10-18)34(29,30)27(22-15-20(31-2)11-14-24(22)33-4)17-25(28)26-16-19-7-5-6-8-23(19)32-3/h5-15H,16-17H2,1-4H3,(H,26,28).